The molecule has 4 rings (SSSR count). The van der Waals surface area contributed by atoms with Crippen LogP contribution in [0.1, 0.15) is 35.1 Å². The molecule has 142 valence electrons. The number of piperidine rings is 1. The first-order valence-corrected chi connectivity index (χ1v) is 8.76. The van der Waals surface area contributed by atoms with Gasteiger partial charge in [-0.05, 0) is 31.0 Å². The third kappa shape index (κ3) is 3.27. The van der Waals surface area contributed by atoms with Crippen LogP contribution < -0.4 is 0 Å². The van der Waals surface area contributed by atoms with E-state index < -0.39 is 11.9 Å². The van der Waals surface area contributed by atoms with E-state index in [0.717, 1.165) is 6.07 Å². The number of likely N-dealkylation sites (tertiary alicyclic amines) is 1. The van der Waals surface area contributed by atoms with Gasteiger partial charge in [0.25, 0.3) is 5.91 Å². The van der Waals surface area contributed by atoms with Gasteiger partial charge in [0, 0.05) is 25.5 Å². The summed E-state index contributed by atoms with van der Waals surface area (Å²) in [5, 5.41) is 3.77. The van der Waals surface area contributed by atoms with Crippen LogP contribution >= 0.6 is 11.6 Å². The van der Waals surface area contributed by atoms with Gasteiger partial charge in [-0.1, -0.05) is 17.7 Å². The second kappa shape index (κ2) is 6.56. The van der Waals surface area contributed by atoms with Gasteiger partial charge in [0.05, 0.1) is 6.04 Å². The van der Waals surface area contributed by atoms with E-state index in [4.69, 9.17) is 11.6 Å². The molecule has 3 aromatic rings. The molecule has 1 fully saturated rings. The standard InChI is InChI=1S/C17H15ClF3N5O/c18-15-14(25-7-2-1-3-13(25)22-15)16(27)24-8-4-11(5-9-24)26-10-6-12(23-26)17(19,20)21/h1-3,6-7,10-11H,4-5,8-9H2. The number of aromatic nitrogens is 4. The van der Waals surface area contributed by atoms with E-state index in [2.05, 4.69) is 10.1 Å². The summed E-state index contributed by atoms with van der Waals surface area (Å²) < 4.78 is 41.1. The lowest BCUT2D eigenvalue weighted by atomic mass is 10.1. The zero-order chi connectivity index (χ0) is 19.2. The molecular formula is C17H15ClF3N5O. The molecule has 0 aliphatic carbocycles. The summed E-state index contributed by atoms with van der Waals surface area (Å²) in [5.74, 6) is -0.242. The third-order valence-corrected chi connectivity index (χ3v) is 4.98. The maximum absolute atomic E-state index is 12.9. The van der Waals surface area contributed by atoms with Crippen molar-refractivity contribution in [3.63, 3.8) is 0 Å². The molecule has 1 saturated heterocycles. The molecule has 0 unspecified atom stereocenters. The van der Waals surface area contributed by atoms with Crippen LogP contribution in [0, 0.1) is 0 Å². The number of carbonyl (C=O) groups is 1. The molecular weight excluding hydrogens is 383 g/mol. The normalized spacial score (nSPS) is 16.2. The number of alkyl halides is 3. The van der Waals surface area contributed by atoms with E-state index in [9.17, 15) is 18.0 Å². The predicted molar refractivity (Wildman–Crippen MR) is 91.6 cm³/mol. The fourth-order valence-electron chi connectivity index (χ4n) is 3.33. The van der Waals surface area contributed by atoms with Crippen molar-refractivity contribution in [2.75, 3.05) is 13.1 Å². The second-order valence-electron chi connectivity index (χ2n) is 6.38. The third-order valence-electron chi connectivity index (χ3n) is 4.71. The fraction of sp³-hybridized carbons (Fsp3) is 0.353. The number of hydrogen-bond donors (Lipinski definition) is 0. The van der Waals surface area contributed by atoms with Gasteiger partial charge >= 0.3 is 6.18 Å². The smallest absolute Gasteiger partial charge is 0.337 e. The van der Waals surface area contributed by atoms with Crippen LogP contribution in [0.15, 0.2) is 36.7 Å². The lowest BCUT2D eigenvalue weighted by molar-refractivity contribution is -0.141. The number of pyridine rings is 1. The molecule has 6 nitrogen and oxygen atoms in total. The minimum absolute atomic E-state index is 0.134. The molecule has 27 heavy (non-hydrogen) atoms. The summed E-state index contributed by atoms with van der Waals surface area (Å²) in [7, 11) is 0. The summed E-state index contributed by atoms with van der Waals surface area (Å²) in [4.78, 5) is 18.7. The molecule has 1 amide bonds. The van der Waals surface area contributed by atoms with Crippen molar-refractivity contribution in [1.29, 1.82) is 0 Å². The molecule has 4 heterocycles. The zero-order valence-corrected chi connectivity index (χ0v) is 14.8. The lowest BCUT2D eigenvalue weighted by Gasteiger charge is -2.32. The van der Waals surface area contributed by atoms with Crippen LogP contribution in [0.25, 0.3) is 5.65 Å². The first kappa shape index (κ1) is 17.8. The first-order chi connectivity index (χ1) is 12.8. The lowest BCUT2D eigenvalue weighted by Crippen LogP contribution is -2.39. The van der Waals surface area contributed by atoms with Crippen LogP contribution in [0.4, 0.5) is 13.2 Å². The Morgan fingerprint density at radius 2 is 1.89 bits per heavy atom. The van der Waals surface area contributed by atoms with Gasteiger partial charge in [-0.3, -0.25) is 13.9 Å². The highest BCUT2D eigenvalue weighted by Crippen LogP contribution is 2.30. The van der Waals surface area contributed by atoms with Crippen LogP contribution in [-0.2, 0) is 6.18 Å². The number of hydrogen-bond acceptors (Lipinski definition) is 3. The van der Waals surface area contributed by atoms with E-state index in [1.165, 1.54) is 10.9 Å². The van der Waals surface area contributed by atoms with Crippen LogP contribution in [0.5, 0.6) is 0 Å². The van der Waals surface area contributed by atoms with Crippen molar-refractivity contribution in [1.82, 2.24) is 24.1 Å². The number of amides is 1. The van der Waals surface area contributed by atoms with E-state index in [1.807, 2.05) is 0 Å². The molecule has 10 heteroatoms. The molecule has 0 saturated carbocycles. The van der Waals surface area contributed by atoms with Gasteiger partial charge in [0.15, 0.2) is 16.5 Å². The van der Waals surface area contributed by atoms with Crippen molar-refractivity contribution in [2.24, 2.45) is 0 Å². The molecule has 0 aromatic carbocycles. The Morgan fingerprint density at radius 1 is 1.15 bits per heavy atom. The SMILES string of the molecule is O=C(c1c(Cl)nc2ccccn12)N1CCC(n2ccc(C(F)(F)F)n2)CC1. The van der Waals surface area contributed by atoms with Gasteiger partial charge in [0.2, 0.25) is 0 Å². The summed E-state index contributed by atoms with van der Waals surface area (Å²) >= 11 is 6.15. The zero-order valence-electron chi connectivity index (χ0n) is 14.0. The van der Waals surface area contributed by atoms with Crippen molar-refractivity contribution >= 4 is 23.2 Å². The minimum atomic E-state index is -4.46. The summed E-state index contributed by atoms with van der Waals surface area (Å²) in [6.45, 7) is 0.808. The Morgan fingerprint density at radius 3 is 2.56 bits per heavy atom. The number of carbonyl (C=O) groups excluding carboxylic acids is 1. The van der Waals surface area contributed by atoms with Crippen molar-refractivity contribution < 1.29 is 18.0 Å². The Labute approximate surface area is 157 Å². The maximum Gasteiger partial charge on any atom is 0.435 e. The fourth-order valence-corrected chi connectivity index (χ4v) is 3.59. The largest absolute Gasteiger partial charge is 0.435 e. The van der Waals surface area contributed by atoms with E-state index in [0.29, 0.717) is 37.3 Å². The van der Waals surface area contributed by atoms with Crippen LogP contribution in [-0.4, -0.2) is 43.1 Å². The number of fused-ring (bicyclic) bond motifs is 1. The maximum atomic E-state index is 12.9. The number of halogens is 4. The van der Waals surface area contributed by atoms with E-state index >= 15 is 0 Å². The van der Waals surface area contributed by atoms with Gasteiger partial charge < -0.3 is 4.90 Å². The molecule has 1 aliphatic rings. The van der Waals surface area contributed by atoms with Crippen molar-refractivity contribution in [3.8, 4) is 0 Å². The van der Waals surface area contributed by atoms with Gasteiger partial charge in [-0.2, -0.15) is 18.3 Å². The van der Waals surface area contributed by atoms with E-state index in [-0.39, 0.29) is 17.1 Å². The average molecular weight is 398 g/mol. The highest BCUT2D eigenvalue weighted by molar-refractivity contribution is 6.32. The summed E-state index contributed by atoms with van der Waals surface area (Å²) in [6.07, 6.45) is -0.372. The van der Waals surface area contributed by atoms with Crippen molar-refractivity contribution in [3.05, 3.63) is 53.2 Å². The summed E-state index contributed by atoms with van der Waals surface area (Å²) in [6, 6.07) is 6.13. The van der Waals surface area contributed by atoms with Gasteiger partial charge in [-0.25, -0.2) is 4.98 Å². The molecule has 0 atom stereocenters. The second-order valence-corrected chi connectivity index (χ2v) is 6.74. The van der Waals surface area contributed by atoms with E-state index in [1.54, 1.807) is 33.7 Å². The number of nitrogens with zero attached hydrogens (tertiary/aromatic N) is 5. The molecule has 3 aromatic heterocycles. The minimum Gasteiger partial charge on any atom is -0.337 e. The van der Waals surface area contributed by atoms with Crippen molar-refractivity contribution in [2.45, 2.75) is 25.1 Å². The monoisotopic (exact) mass is 397 g/mol. The Hall–Kier alpha value is -2.55. The highest BCUT2D eigenvalue weighted by atomic mass is 35.5. The predicted octanol–water partition coefficient (Wildman–Crippen LogP) is 3.68. The number of rotatable bonds is 2. The first-order valence-electron chi connectivity index (χ1n) is 8.39. The van der Waals surface area contributed by atoms with Crippen LogP contribution in [0.2, 0.25) is 5.15 Å². The topological polar surface area (TPSA) is 55.4 Å². The van der Waals surface area contributed by atoms with Gasteiger partial charge in [-0.15, -0.1) is 0 Å². The average Bonchev–Trinajstić information content (AvgIpc) is 3.25. The Kier molecular flexibility index (Phi) is 4.33. The summed E-state index contributed by atoms with van der Waals surface area (Å²) in [5.41, 5.74) is -0.0281. The number of imidazole rings is 1. The molecule has 0 bridgehead atoms. The highest BCUT2D eigenvalue weighted by Gasteiger charge is 2.35. The Bertz CT molecular complexity index is 988. The molecule has 1 aliphatic heterocycles. The van der Waals surface area contributed by atoms with Gasteiger partial charge in [0.1, 0.15) is 5.65 Å². The Balaban J connectivity index is 1.48. The van der Waals surface area contributed by atoms with Crippen LogP contribution in [0.3, 0.4) is 0 Å². The molecule has 0 spiro atoms. The molecule has 0 radical (unpaired) electrons. The molecule has 0 N–H and O–H groups in total. The quantitative estimate of drug-likeness (QED) is 0.663.